The molecule has 0 saturated carbocycles. The van der Waals surface area contributed by atoms with Gasteiger partial charge in [0.15, 0.2) is 5.13 Å². The molecule has 4 nitrogen and oxygen atoms in total. The molecule has 1 aromatic heterocycles. The van der Waals surface area contributed by atoms with Gasteiger partial charge < -0.3 is 10.2 Å². The molecule has 152 valence electrons. The highest BCUT2D eigenvalue weighted by Gasteiger charge is 2.27. The molecule has 1 saturated heterocycles. The first-order chi connectivity index (χ1) is 14.0. The van der Waals surface area contributed by atoms with Crippen molar-refractivity contribution in [3.63, 3.8) is 0 Å². The number of benzene rings is 2. The van der Waals surface area contributed by atoms with Crippen LogP contribution in [-0.4, -0.2) is 30.5 Å². The number of aromatic nitrogens is 1. The van der Waals surface area contributed by atoms with Gasteiger partial charge in [-0.25, -0.2) is 4.98 Å². The smallest absolute Gasteiger partial charge is 0.224 e. The van der Waals surface area contributed by atoms with Gasteiger partial charge in [-0.05, 0) is 55.4 Å². The zero-order valence-corrected chi connectivity index (χ0v) is 18.3. The predicted octanol–water partition coefficient (Wildman–Crippen LogP) is 5.05. The third-order valence-electron chi connectivity index (χ3n) is 5.83. The second-order valence-corrected chi connectivity index (χ2v) is 9.28. The van der Waals surface area contributed by atoms with Crippen molar-refractivity contribution in [1.82, 2.24) is 10.3 Å². The van der Waals surface area contributed by atoms with Crippen LogP contribution in [0.3, 0.4) is 0 Å². The standard InChI is InChI=1S/C24H29N3OS/c1-16-12-17(2)22-21(13-16)29-24(26-22)27-11-7-10-20(15-27)23(28)25-14-18(3)19-8-5-4-6-9-19/h4-6,8-9,12-13,18,20H,7,10-11,14-15H2,1-3H3,(H,25,28)/t18-,20+/m1/s1. The minimum Gasteiger partial charge on any atom is -0.355 e. The second-order valence-electron chi connectivity index (χ2n) is 8.27. The lowest BCUT2D eigenvalue weighted by molar-refractivity contribution is -0.125. The number of carbonyl (C=O) groups excluding carboxylic acids is 1. The fourth-order valence-electron chi connectivity index (χ4n) is 4.16. The van der Waals surface area contributed by atoms with Gasteiger partial charge in [-0.15, -0.1) is 0 Å². The van der Waals surface area contributed by atoms with E-state index in [0.29, 0.717) is 12.5 Å². The molecule has 0 radical (unpaired) electrons. The van der Waals surface area contributed by atoms with Gasteiger partial charge in [-0.1, -0.05) is 54.7 Å². The topological polar surface area (TPSA) is 45.2 Å². The highest BCUT2D eigenvalue weighted by molar-refractivity contribution is 7.22. The molecular formula is C24H29N3OS. The Labute approximate surface area is 177 Å². The number of rotatable bonds is 5. The number of hydrogen-bond acceptors (Lipinski definition) is 4. The van der Waals surface area contributed by atoms with E-state index in [1.54, 1.807) is 11.3 Å². The zero-order valence-electron chi connectivity index (χ0n) is 17.4. The number of thiazole rings is 1. The minimum atomic E-state index is 0.0292. The summed E-state index contributed by atoms with van der Waals surface area (Å²) in [5, 5.41) is 4.23. The van der Waals surface area contributed by atoms with Crippen molar-refractivity contribution in [2.45, 2.75) is 39.5 Å². The lowest BCUT2D eigenvalue weighted by Gasteiger charge is -2.32. The Morgan fingerprint density at radius 3 is 2.86 bits per heavy atom. The molecule has 0 aliphatic carbocycles. The van der Waals surface area contributed by atoms with Gasteiger partial charge >= 0.3 is 0 Å². The van der Waals surface area contributed by atoms with E-state index >= 15 is 0 Å². The molecule has 3 aromatic rings. The summed E-state index contributed by atoms with van der Waals surface area (Å²) in [6, 6.07) is 14.8. The maximum absolute atomic E-state index is 12.8. The number of fused-ring (bicyclic) bond motifs is 1. The molecular weight excluding hydrogens is 378 g/mol. The number of anilines is 1. The third kappa shape index (κ3) is 4.45. The van der Waals surface area contributed by atoms with E-state index in [0.717, 1.165) is 36.6 Å². The van der Waals surface area contributed by atoms with Crippen LogP contribution in [-0.2, 0) is 4.79 Å². The van der Waals surface area contributed by atoms with E-state index < -0.39 is 0 Å². The van der Waals surface area contributed by atoms with Crippen LogP contribution in [0.25, 0.3) is 10.2 Å². The van der Waals surface area contributed by atoms with Crippen molar-refractivity contribution in [2.75, 3.05) is 24.5 Å². The third-order valence-corrected chi connectivity index (χ3v) is 6.90. The van der Waals surface area contributed by atoms with Crippen LogP contribution < -0.4 is 10.2 Å². The molecule has 4 rings (SSSR count). The number of hydrogen-bond donors (Lipinski definition) is 1. The van der Waals surface area contributed by atoms with Crippen LogP contribution in [0.2, 0.25) is 0 Å². The molecule has 0 bridgehead atoms. The predicted molar refractivity (Wildman–Crippen MR) is 122 cm³/mol. The summed E-state index contributed by atoms with van der Waals surface area (Å²) in [5.74, 6) is 0.516. The SMILES string of the molecule is Cc1cc(C)c2nc(N3CCC[C@H](C(=O)NC[C@@H](C)c4ccccc4)C3)sc2c1. The number of aryl methyl sites for hydroxylation is 2. The van der Waals surface area contributed by atoms with Crippen molar-refractivity contribution in [1.29, 1.82) is 0 Å². The summed E-state index contributed by atoms with van der Waals surface area (Å²) in [7, 11) is 0. The fraction of sp³-hybridized carbons (Fsp3) is 0.417. The quantitative estimate of drug-likeness (QED) is 0.644. The summed E-state index contributed by atoms with van der Waals surface area (Å²) in [6.45, 7) is 8.82. The highest BCUT2D eigenvalue weighted by Crippen LogP contribution is 2.33. The number of carbonyl (C=O) groups is 1. The molecule has 0 unspecified atom stereocenters. The Hall–Kier alpha value is -2.40. The molecule has 2 aromatic carbocycles. The molecule has 1 N–H and O–H groups in total. The van der Waals surface area contributed by atoms with Crippen LogP contribution in [0.15, 0.2) is 42.5 Å². The van der Waals surface area contributed by atoms with Gasteiger partial charge in [0.05, 0.1) is 16.1 Å². The van der Waals surface area contributed by atoms with E-state index in [2.05, 4.69) is 55.3 Å². The van der Waals surface area contributed by atoms with E-state index in [4.69, 9.17) is 4.98 Å². The normalized spacial score (nSPS) is 18.0. The van der Waals surface area contributed by atoms with Gasteiger partial charge in [0.25, 0.3) is 0 Å². The second kappa shape index (κ2) is 8.54. The van der Waals surface area contributed by atoms with Gasteiger partial charge in [-0.3, -0.25) is 4.79 Å². The first kappa shape index (κ1) is 19.9. The van der Waals surface area contributed by atoms with E-state index in [-0.39, 0.29) is 11.8 Å². The van der Waals surface area contributed by atoms with Gasteiger partial charge in [0.2, 0.25) is 5.91 Å². The highest BCUT2D eigenvalue weighted by atomic mass is 32.1. The Morgan fingerprint density at radius 2 is 2.07 bits per heavy atom. The lowest BCUT2D eigenvalue weighted by atomic mass is 9.96. The molecule has 0 spiro atoms. The number of nitrogens with zero attached hydrogens (tertiary/aromatic N) is 2. The number of nitrogens with one attached hydrogen (secondary N) is 1. The van der Waals surface area contributed by atoms with Crippen molar-refractivity contribution in [3.8, 4) is 0 Å². The fourth-order valence-corrected chi connectivity index (χ4v) is 5.33. The van der Waals surface area contributed by atoms with E-state index in [1.165, 1.54) is 21.4 Å². The molecule has 1 aliphatic heterocycles. The van der Waals surface area contributed by atoms with E-state index in [1.807, 2.05) is 18.2 Å². The Balaban J connectivity index is 1.40. The number of amides is 1. The maximum Gasteiger partial charge on any atom is 0.224 e. The average molecular weight is 408 g/mol. The zero-order chi connectivity index (χ0) is 20.4. The first-order valence-electron chi connectivity index (χ1n) is 10.5. The molecule has 5 heteroatoms. The van der Waals surface area contributed by atoms with Crippen LogP contribution in [0.1, 0.15) is 42.4 Å². The molecule has 1 amide bonds. The molecule has 1 aliphatic rings. The molecule has 1 fully saturated rings. The molecule has 2 heterocycles. The first-order valence-corrected chi connectivity index (χ1v) is 11.3. The average Bonchev–Trinajstić information content (AvgIpc) is 3.17. The largest absolute Gasteiger partial charge is 0.355 e. The summed E-state index contributed by atoms with van der Waals surface area (Å²) >= 11 is 1.74. The van der Waals surface area contributed by atoms with Gasteiger partial charge in [-0.2, -0.15) is 0 Å². The summed E-state index contributed by atoms with van der Waals surface area (Å²) in [4.78, 5) is 20.0. The van der Waals surface area contributed by atoms with Gasteiger partial charge in [0.1, 0.15) is 0 Å². The summed E-state index contributed by atoms with van der Waals surface area (Å²) < 4.78 is 1.24. The van der Waals surface area contributed by atoms with Crippen LogP contribution in [0, 0.1) is 19.8 Å². The van der Waals surface area contributed by atoms with Crippen molar-refractivity contribution >= 4 is 32.6 Å². The minimum absolute atomic E-state index is 0.0292. The van der Waals surface area contributed by atoms with E-state index in [9.17, 15) is 4.79 Å². The maximum atomic E-state index is 12.8. The number of piperidine rings is 1. The summed E-state index contributed by atoms with van der Waals surface area (Å²) in [6.07, 6.45) is 1.98. The van der Waals surface area contributed by atoms with Crippen molar-refractivity contribution in [2.24, 2.45) is 5.92 Å². The van der Waals surface area contributed by atoms with Gasteiger partial charge in [0, 0.05) is 19.6 Å². The van der Waals surface area contributed by atoms with Crippen molar-refractivity contribution in [3.05, 3.63) is 59.2 Å². The Kier molecular flexibility index (Phi) is 5.86. The lowest BCUT2D eigenvalue weighted by Crippen LogP contribution is -2.43. The Bertz CT molecular complexity index is 998. The molecule has 2 atom stereocenters. The van der Waals surface area contributed by atoms with Crippen LogP contribution in [0.5, 0.6) is 0 Å². The Morgan fingerprint density at radius 1 is 1.28 bits per heavy atom. The van der Waals surface area contributed by atoms with Crippen molar-refractivity contribution < 1.29 is 4.79 Å². The van der Waals surface area contributed by atoms with Crippen LogP contribution >= 0.6 is 11.3 Å². The molecule has 29 heavy (non-hydrogen) atoms. The van der Waals surface area contributed by atoms with Crippen LogP contribution in [0.4, 0.5) is 5.13 Å². The summed E-state index contributed by atoms with van der Waals surface area (Å²) in [5.41, 5.74) is 4.86. The monoisotopic (exact) mass is 407 g/mol.